The summed E-state index contributed by atoms with van der Waals surface area (Å²) in [6, 6.07) is 0. The van der Waals surface area contributed by atoms with Crippen LogP contribution in [0, 0.1) is 11.3 Å². The number of carbonyl (C=O) groups is 1. The molecule has 1 fully saturated rings. The van der Waals surface area contributed by atoms with Crippen LogP contribution in [0.5, 0.6) is 0 Å². The average Bonchev–Trinajstić information content (AvgIpc) is 2.39. The standard InChI is InChI=1S/C14H27N3OS/c1-4-14(2,12(15)19)13(18)16-8-5-11-6-9-17(3)10-7-11/h11H,4-10H2,1-3H3,(H2,15,19)(H,16,18). The first-order valence-electron chi connectivity index (χ1n) is 7.17. The Kier molecular flexibility index (Phi) is 6.20. The fraction of sp³-hybridized carbons (Fsp3) is 0.857. The first kappa shape index (κ1) is 16.4. The lowest BCUT2D eigenvalue weighted by Gasteiger charge is -2.30. The van der Waals surface area contributed by atoms with Gasteiger partial charge in [-0.15, -0.1) is 0 Å². The maximum atomic E-state index is 12.1. The molecule has 0 aromatic rings. The third-order valence-electron chi connectivity index (χ3n) is 4.43. The number of likely N-dealkylation sites (tertiary alicyclic amines) is 1. The van der Waals surface area contributed by atoms with Gasteiger partial charge in [0.1, 0.15) is 0 Å². The lowest BCUT2D eigenvalue weighted by Crippen LogP contribution is -2.47. The molecule has 0 spiro atoms. The molecule has 1 unspecified atom stereocenters. The van der Waals surface area contributed by atoms with E-state index in [1.165, 1.54) is 12.8 Å². The number of nitrogens with zero attached hydrogens (tertiary/aromatic N) is 1. The zero-order chi connectivity index (χ0) is 14.5. The van der Waals surface area contributed by atoms with Crippen molar-refractivity contribution in [3.8, 4) is 0 Å². The van der Waals surface area contributed by atoms with Gasteiger partial charge in [0, 0.05) is 6.54 Å². The average molecular weight is 285 g/mol. The van der Waals surface area contributed by atoms with Crippen molar-refractivity contribution >= 4 is 23.1 Å². The van der Waals surface area contributed by atoms with Crippen LogP contribution < -0.4 is 11.1 Å². The molecular formula is C14H27N3OS. The van der Waals surface area contributed by atoms with Crippen molar-refractivity contribution in [1.82, 2.24) is 10.2 Å². The number of hydrogen-bond donors (Lipinski definition) is 2. The van der Waals surface area contributed by atoms with Crippen molar-refractivity contribution < 1.29 is 4.79 Å². The Labute approximate surface area is 122 Å². The van der Waals surface area contributed by atoms with E-state index in [0.29, 0.717) is 6.42 Å². The van der Waals surface area contributed by atoms with Gasteiger partial charge in [0.05, 0.1) is 10.4 Å². The molecule has 1 saturated heterocycles. The summed E-state index contributed by atoms with van der Waals surface area (Å²) in [5.41, 5.74) is 4.97. The number of rotatable bonds is 6. The van der Waals surface area contributed by atoms with Crippen LogP contribution >= 0.6 is 12.2 Å². The van der Waals surface area contributed by atoms with Crippen LogP contribution in [-0.4, -0.2) is 42.5 Å². The molecule has 5 heteroatoms. The molecule has 3 N–H and O–H groups in total. The summed E-state index contributed by atoms with van der Waals surface area (Å²) in [6.07, 6.45) is 4.15. The van der Waals surface area contributed by atoms with Crippen LogP contribution in [0.4, 0.5) is 0 Å². The summed E-state index contributed by atoms with van der Waals surface area (Å²) in [5, 5.41) is 2.99. The van der Waals surface area contributed by atoms with E-state index in [4.69, 9.17) is 18.0 Å². The Bertz CT molecular complexity index is 327. The lowest BCUT2D eigenvalue weighted by molar-refractivity contribution is -0.127. The Morgan fingerprint density at radius 2 is 2.05 bits per heavy atom. The number of hydrogen-bond acceptors (Lipinski definition) is 3. The second-order valence-corrected chi connectivity index (χ2v) is 6.28. The summed E-state index contributed by atoms with van der Waals surface area (Å²) < 4.78 is 0. The zero-order valence-corrected chi connectivity index (χ0v) is 13.2. The lowest BCUT2D eigenvalue weighted by atomic mass is 9.86. The Balaban J connectivity index is 2.32. The molecule has 19 heavy (non-hydrogen) atoms. The van der Waals surface area contributed by atoms with E-state index in [1.54, 1.807) is 0 Å². The van der Waals surface area contributed by atoms with Crippen LogP contribution in [0.25, 0.3) is 0 Å². The molecule has 1 aliphatic rings. The maximum Gasteiger partial charge on any atom is 0.232 e. The maximum absolute atomic E-state index is 12.1. The van der Waals surface area contributed by atoms with Crippen molar-refractivity contribution in [2.45, 2.75) is 39.5 Å². The van der Waals surface area contributed by atoms with Gasteiger partial charge < -0.3 is 16.0 Å². The monoisotopic (exact) mass is 285 g/mol. The fourth-order valence-electron chi connectivity index (χ4n) is 2.38. The number of nitrogens with two attached hydrogens (primary N) is 1. The summed E-state index contributed by atoms with van der Waals surface area (Å²) in [5.74, 6) is 0.699. The molecule has 0 radical (unpaired) electrons. The minimum atomic E-state index is -0.706. The number of nitrogens with one attached hydrogen (secondary N) is 1. The first-order chi connectivity index (χ1) is 8.90. The van der Waals surface area contributed by atoms with Gasteiger partial charge in [-0.25, -0.2) is 0 Å². The Morgan fingerprint density at radius 1 is 1.47 bits per heavy atom. The molecule has 4 nitrogen and oxygen atoms in total. The largest absolute Gasteiger partial charge is 0.392 e. The van der Waals surface area contributed by atoms with Gasteiger partial charge in [-0.05, 0) is 58.7 Å². The van der Waals surface area contributed by atoms with Gasteiger partial charge in [0.2, 0.25) is 5.91 Å². The SMILES string of the molecule is CCC(C)(C(=O)NCCC1CCN(C)CC1)C(N)=S. The van der Waals surface area contributed by atoms with E-state index < -0.39 is 5.41 Å². The Hall–Kier alpha value is -0.680. The Morgan fingerprint density at radius 3 is 2.53 bits per heavy atom. The van der Waals surface area contributed by atoms with Gasteiger partial charge in [-0.3, -0.25) is 4.79 Å². The van der Waals surface area contributed by atoms with E-state index in [0.717, 1.165) is 32.0 Å². The van der Waals surface area contributed by atoms with Gasteiger partial charge in [-0.1, -0.05) is 19.1 Å². The normalized spacial score (nSPS) is 20.8. The van der Waals surface area contributed by atoms with Crippen molar-refractivity contribution in [2.24, 2.45) is 17.1 Å². The molecule has 1 rings (SSSR count). The highest BCUT2D eigenvalue weighted by atomic mass is 32.1. The molecule has 0 saturated carbocycles. The second-order valence-electron chi connectivity index (χ2n) is 5.84. The molecular weight excluding hydrogens is 258 g/mol. The van der Waals surface area contributed by atoms with E-state index >= 15 is 0 Å². The smallest absolute Gasteiger partial charge is 0.232 e. The van der Waals surface area contributed by atoms with E-state index in [-0.39, 0.29) is 10.9 Å². The summed E-state index contributed by atoms with van der Waals surface area (Å²) in [7, 11) is 2.16. The predicted octanol–water partition coefficient (Wildman–Crippen LogP) is 1.54. The van der Waals surface area contributed by atoms with Crippen molar-refractivity contribution in [1.29, 1.82) is 0 Å². The summed E-state index contributed by atoms with van der Waals surface area (Å²) in [4.78, 5) is 14.8. The third kappa shape index (κ3) is 4.42. The van der Waals surface area contributed by atoms with Crippen LogP contribution in [-0.2, 0) is 4.79 Å². The molecule has 0 aromatic heterocycles. The predicted molar refractivity (Wildman–Crippen MR) is 83.0 cm³/mol. The molecule has 1 atom stereocenters. The van der Waals surface area contributed by atoms with Crippen molar-refractivity contribution in [3.63, 3.8) is 0 Å². The molecule has 1 aliphatic heterocycles. The van der Waals surface area contributed by atoms with E-state index in [9.17, 15) is 4.79 Å². The van der Waals surface area contributed by atoms with Gasteiger partial charge >= 0.3 is 0 Å². The fourth-order valence-corrected chi connectivity index (χ4v) is 2.62. The number of piperidine rings is 1. The molecule has 110 valence electrons. The van der Waals surface area contributed by atoms with Crippen LogP contribution in [0.15, 0.2) is 0 Å². The van der Waals surface area contributed by atoms with E-state index in [2.05, 4.69) is 17.3 Å². The molecule has 0 aromatic carbocycles. The second kappa shape index (κ2) is 7.20. The van der Waals surface area contributed by atoms with Crippen molar-refractivity contribution in [3.05, 3.63) is 0 Å². The van der Waals surface area contributed by atoms with Gasteiger partial charge in [0.25, 0.3) is 0 Å². The molecule has 1 heterocycles. The topological polar surface area (TPSA) is 58.4 Å². The highest BCUT2D eigenvalue weighted by molar-refractivity contribution is 7.80. The van der Waals surface area contributed by atoms with Crippen LogP contribution in [0.2, 0.25) is 0 Å². The van der Waals surface area contributed by atoms with Crippen LogP contribution in [0.1, 0.15) is 39.5 Å². The zero-order valence-electron chi connectivity index (χ0n) is 12.4. The third-order valence-corrected chi connectivity index (χ3v) is 4.88. The number of carbonyl (C=O) groups excluding carboxylic acids is 1. The summed E-state index contributed by atoms with van der Waals surface area (Å²) >= 11 is 5.01. The highest BCUT2D eigenvalue weighted by Gasteiger charge is 2.34. The first-order valence-corrected chi connectivity index (χ1v) is 7.57. The highest BCUT2D eigenvalue weighted by Crippen LogP contribution is 2.22. The number of thiocarbonyl (C=S) groups is 1. The van der Waals surface area contributed by atoms with Gasteiger partial charge in [-0.2, -0.15) is 0 Å². The molecule has 0 bridgehead atoms. The van der Waals surface area contributed by atoms with Crippen molar-refractivity contribution in [2.75, 3.05) is 26.7 Å². The molecule has 1 amide bonds. The summed E-state index contributed by atoms with van der Waals surface area (Å²) in [6.45, 7) is 6.82. The minimum Gasteiger partial charge on any atom is -0.392 e. The quantitative estimate of drug-likeness (QED) is 0.727. The van der Waals surface area contributed by atoms with Gasteiger partial charge in [0.15, 0.2) is 0 Å². The number of amides is 1. The minimum absolute atomic E-state index is 0.0320. The van der Waals surface area contributed by atoms with Crippen LogP contribution in [0.3, 0.4) is 0 Å². The molecule has 0 aliphatic carbocycles. The van der Waals surface area contributed by atoms with E-state index in [1.807, 2.05) is 13.8 Å².